The second-order valence-electron chi connectivity index (χ2n) is 13.9. The lowest BCUT2D eigenvalue weighted by molar-refractivity contribution is 0.673. The quantitative estimate of drug-likeness (QED) is 0.172. The van der Waals surface area contributed by atoms with E-state index in [2.05, 4.69) is 135 Å². The first-order valence-electron chi connectivity index (χ1n) is 18.2. The van der Waals surface area contributed by atoms with Gasteiger partial charge in [0.25, 0.3) is 0 Å². The summed E-state index contributed by atoms with van der Waals surface area (Å²) in [7, 11) is 0. The van der Waals surface area contributed by atoms with Crippen LogP contribution in [0.4, 0.5) is 5.69 Å². The SMILES string of the molecule is [C-]#[N+]c1cc(C#N)c(-n2c3ccc(-c4ccccc4)cc3c3cc(-c4ccccc4)ccc32)c(-n2c3ccccc3c3c4oc5ccccc5c4ccc32)c1. The summed E-state index contributed by atoms with van der Waals surface area (Å²) in [6.07, 6.45) is 0. The van der Waals surface area contributed by atoms with Gasteiger partial charge in [-0.2, -0.15) is 5.26 Å². The molecule has 11 aromatic rings. The lowest BCUT2D eigenvalue weighted by Gasteiger charge is -2.19. The first-order chi connectivity index (χ1) is 27.2. The minimum atomic E-state index is 0.393. The molecule has 11 rings (SSSR count). The highest BCUT2D eigenvalue weighted by molar-refractivity contribution is 6.24. The summed E-state index contributed by atoms with van der Waals surface area (Å²) in [5.74, 6) is 0. The molecule has 0 spiro atoms. The van der Waals surface area contributed by atoms with Gasteiger partial charge in [0.05, 0.1) is 51.0 Å². The number of nitrogens with zero attached hydrogens (tertiary/aromatic N) is 4. The summed E-state index contributed by atoms with van der Waals surface area (Å²) in [6.45, 7) is 8.14. The second-order valence-corrected chi connectivity index (χ2v) is 13.9. The van der Waals surface area contributed by atoms with Crippen molar-refractivity contribution in [1.82, 2.24) is 9.13 Å². The van der Waals surface area contributed by atoms with Gasteiger partial charge in [-0.3, -0.25) is 0 Å². The van der Waals surface area contributed by atoms with Crippen molar-refractivity contribution in [3.05, 3.63) is 187 Å². The lowest BCUT2D eigenvalue weighted by Crippen LogP contribution is -2.06. The third-order valence-corrected chi connectivity index (χ3v) is 10.9. The van der Waals surface area contributed by atoms with Crippen LogP contribution < -0.4 is 0 Å². The van der Waals surface area contributed by atoms with E-state index in [0.717, 1.165) is 93.5 Å². The van der Waals surface area contributed by atoms with Crippen LogP contribution in [0.5, 0.6) is 0 Å². The van der Waals surface area contributed by atoms with Crippen LogP contribution in [0.15, 0.2) is 174 Å². The van der Waals surface area contributed by atoms with Crippen LogP contribution in [-0.4, -0.2) is 9.13 Å². The maximum atomic E-state index is 10.9. The normalized spacial score (nSPS) is 11.6. The molecule has 3 aromatic heterocycles. The number of nitriles is 1. The number of fused-ring (bicyclic) bond motifs is 10. The maximum absolute atomic E-state index is 10.9. The number of hydrogen-bond acceptors (Lipinski definition) is 2. The molecule has 8 aromatic carbocycles. The van der Waals surface area contributed by atoms with E-state index >= 15 is 0 Å². The molecule has 0 radical (unpaired) electrons. The molecule has 0 aliphatic heterocycles. The molecule has 0 fully saturated rings. The molecule has 0 unspecified atom stereocenters. The average Bonchev–Trinajstić information content (AvgIpc) is 3.91. The van der Waals surface area contributed by atoms with Crippen molar-refractivity contribution in [2.24, 2.45) is 0 Å². The topological polar surface area (TPSA) is 51.1 Å². The minimum Gasteiger partial charge on any atom is -0.455 e. The number of benzene rings is 8. The molecule has 0 bridgehead atoms. The van der Waals surface area contributed by atoms with Gasteiger partial charge in [-0.25, -0.2) is 4.85 Å². The van der Waals surface area contributed by atoms with Gasteiger partial charge in [0.15, 0.2) is 5.69 Å². The molecular weight excluding hydrogens is 673 g/mol. The fraction of sp³-hybridized carbons (Fsp3) is 0. The lowest BCUT2D eigenvalue weighted by atomic mass is 10.0. The van der Waals surface area contributed by atoms with Gasteiger partial charge >= 0.3 is 0 Å². The number of hydrogen-bond donors (Lipinski definition) is 0. The number of para-hydroxylation sites is 2. The summed E-state index contributed by atoms with van der Waals surface area (Å²) in [4.78, 5) is 3.88. The fourth-order valence-corrected chi connectivity index (χ4v) is 8.54. The van der Waals surface area contributed by atoms with Gasteiger partial charge in [0.1, 0.15) is 17.2 Å². The van der Waals surface area contributed by atoms with Gasteiger partial charge in [-0.1, -0.05) is 109 Å². The smallest absolute Gasteiger partial charge is 0.190 e. The van der Waals surface area contributed by atoms with Crippen LogP contribution in [0.1, 0.15) is 5.56 Å². The molecule has 254 valence electrons. The Bertz CT molecular complexity index is 3350. The van der Waals surface area contributed by atoms with Crippen molar-refractivity contribution >= 4 is 71.2 Å². The van der Waals surface area contributed by atoms with E-state index in [9.17, 15) is 5.26 Å². The molecule has 0 amide bonds. The summed E-state index contributed by atoms with van der Waals surface area (Å²) >= 11 is 0. The van der Waals surface area contributed by atoms with Gasteiger partial charge in [0, 0.05) is 26.9 Å². The molecule has 0 aliphatic rings. The van der Waals surface area contributed by atoms with E-state index in [-0.39, 0.29) is 0 Å². The Morgan fingerprint density at radius 3 is 1.73 bits per heavy atom. The minimum absolute atomic E-state index is 0.393. The highest BCUT2D eigenvalue weighted by Crippen LogP contribution is 2.45. The van der Waals surface area contributed by atoms with Crippen LogP contribution in [0.25, 0.3) is 104 Å². The van der Waals surface area contributed by atoms with Crippen LogP contribution in [0, 0.1) is 17.9 Å². The van der Waals surface area contributed by atoms with Gasteiger partial charge < -0.3 is 13.6 Å². The average molecular weight is 701 g/mol. The molecule has 0 N–H and O–H groups in total. The largest absolute Gasteiger partial charge is 0.455 e. The summed E-state index contributed by atoms with van der Waals surface area (Å²) in [5.41, 5.74) is 12.2. The molecule has 0 atom stereocenters. The van der Waals surface area contributed by atoms with E-state index in [1.165, 1.54) is 0 Å². The second kappa shape index (κ2) is 11.8. The molecule has 0 aliphatic carbocycles. The van der Waals surface area contributed by atoms with E-state index < -0.39 is 0 Å². The first kappa shape index (κ1) is 30.7. The number of furan rings is 1. The standard InChI is InChI=1S/C50H28N4O/c1-52-36-26-35(30-51)49(46(29-36)53-42-18-10-8-17-39(42)48-45(53)25-22-38-37-16-9-11-19-47(37)55-50(38)48)54-43-23-20-33(31-12-4-2-5-13-31)27-40(43)41-28-34(21-24-44(41)54)32-14-6-3-7-15-32/h2-29H. The van der Waals surface area contributed by atoms with Crippen molar-refractivity contribution in [2.45, 2.75) is 0 Å². The Morgan fingerprint density at radius 1 is 0.491 bits per heavy atom. The Hall–Kier alpha value is -7.86. The molecular formula is C50H28N4O. The fourth-order valence-electron chi connectivity index (χ4n) is 8.54. The predicted octanol–water partition coefficient (Wildman–Crippen LogP) is 13.5. The summed E-state index contributed by atoms with van der Waals surface area (Å²) in [5, 5.41) is 17.2. The Morgan fingerprint density at radius 2 is 1.07 bits per heavy atom. The predicted molar refractivity (Wildman–Crippen MR) is 224 cm³/mol. The molecule has 5 heteroatoms. The molecule has 0 saturated carbocycles. The van der Waals surface area contributed by atoms with E-state index in [1.54, 1.807) is 6.07 Å². The zero-order valence-electron chi connectivity index (χ0n) is 29.4. The van der Waals surface area contributed by atoms with Crippen LogP contribution in [-0.2, 0) is 0 Å². The van der Waals surface area contributed by atoms with Crippen LogP contribution >= 0.6 is 0 Å². The zero-order valence-corrected chi connectivity index (χ0v) is 29.4. The maximum Gasteiger partial charge on any atom is 0.190 e. The van der Waals surface area contributed by atoms with Gasteiger partial charge in [0.2, 0.25) is 0 Å². The van der Waals surface area contributed by atoms with E-state index in [0.29, 0.717) is 16.9 Å². The highest BCUT2D eigenvalue weighted by atomic mass is 16.3. The molecule has 55 heavy (non-hydrogen) atoms. The Balaban J connectivity index is 1.28. The van der Waals surface area contributed by atoms with Crippen molar-refractivity contribution in [1.29, 1.82) is 5.26 Å². The van der Waals surface area contributed by atoms with Crippen molar-refractivity contribution in [2.75, 3.05) is 0 Å². The third-order valence-electron chi connectivity index (χ3n) is 10.9. The Labute approximate surface area is 315 Å². The van der Waals surface area contributed by atoms with E-state index in [1.807, 2.05) is 48.5 Å². The van der Waals surface area contributed by atoms with Crippen molar-refractivity contribution in [3.63, 3.8) is 0 Å². The number of rotatable bonds is 4. The van der Waals surface area contributed by atoms with Crippen LogP contribution in [0.3, 0.4) is 0 Å². The Kier molecular flexibility index (Phi) is 6.61. The van der Waals surface area contributed by atoms with Gasteiger partial charge in [-0.15, -0.1) is 0 Å². The summed E-state index contributed by atoms with van der Waals surface area (Å²) < 4.78 is 11.0. The number of aromatic nitrogens is 2. The molecule has 5 nitrogen and oxygen atoms in total. The zero-order chi connectivity index (χ0) is 36.6. The van der Waals surface area contributed by atoms with Gasteiger partial charge in [-0.05, 0) is 82.9 Å². The molecule has 0 saturated heterocycles. The third kappa shape index (κ3) is 4.51. The monoisotopic (exact) mass is 700 g/mol. The van der Waals surface area contributed by atoms with Crippen molar-refractivity contribution < 1.29 is 4.42 Å². The summed E-state index contributed by atoms with van der Waals surface area (Å²) in [6, 6.07) is 60.9. The first-order valence-corrected chi connectivity index (χ1v) is 18.2. The van der Waals surface area contributed by atoms with Crippen LogP contribution in [0.2, 0.25) is 0 Å². The van der Waals surface area contributed by atoms with E-state index in [4.69, 9.17) is 11.0 Å². The highest BCUT2D eigenvalue weighted by Gasteiger charge is 2.25. The van der Waals surface area contributed by atoms with Crippen molar-refractivity contribution in [3.8, 4) is 39.7 Å². The molecule has 3 heterocycles.